The number of hydrogen-bond acceptors (Lipinski definition) is 4. The Kier molecular flexibility index (Phi) is 3.93. The van der Waals surface area contributed by atoms with E-state index in [2.05, 4.69) is 41.2 Å². The van der Waals surface area contributed by atoms with Crippen molar-refractivity contribution in [3.05, 3.63) is 39.8 Å². The van der Waals surface area contributed by atoms with E-state index in [1.807, 2.05) is 11.7 Å². The Bertz CT molecular complexity index is 461. The highest BCUT2D eigenvalue weighted by molar-refractivity contribution is 7.09. The van der Waals surface area contributed by atoms with Crippen molar-refractivity contribution in [1.29, 1.82) is 0 Å². The van der Waals surface area contributed by atoms with E-state index in [0.29, 0.717) is 0 Å². The third-order valence-electron chi connectivity index (χ3n) is 2.83. The lowest BCUT2D eigenvalue weighted by atomic mass is 10.0. The molecule has 1 unspecified atom stereocenters. The van der Waals surface area contributed by atoms with Crippen LogP contribution in [-0.4, -0.2) is 9.78 Å². The van der Waals surface area contributed by atoms with Crippen molar-refractivity contribution >= 4 is 11.3 Å². The monoisotopic (exact) mass is 250 g/mol. The van der Waals surface area contributed by atoms with Crippen LogP contribution < -0.4 is 11.3 Å². The van der Waals surface area contributed by atoms with Crippen molar-refractivity contribution in [2.24, 2.45) is 12.9 Å². The lowest BCUT2D eigenvalue weighted by Crippen LogP contribution is -2.29. The van der Waals surface area contributed by atoms with Gasteiger partial charge in [-0.15, -0.1) is 11.3 Å². The number of nitrogens with two attached hydrogens (primary N) is 1. The third kappa shape index (κ3) is 2.74. The fourth-order valence-corrected chi connectivity index (χ4v) is 2.76. The van der Waals surface area contributed by atoms with Crippen molar-refractivity contribution in [2.45, 2.75) is 25.8 Å². The van der Waals surface area contributed by atoms with Gasteiger partial charge in [-0.1, -0.05) is 13.0 Å². The third-order valence-corrected chi connectivity index (χ3v) is 3.73. The van der Waals surface area contributed by atoms with Crippen LogP contribution in [0.15, 0.2) is 23.7 Å². The Hall–Kier alpha value is -1.17. The minimum absolute atomic E-state index is 0.136. The summed E-state index contributed by atoms with van der Waals surface area (Å²) in [7, 11) is 1.95. The fourth-order valence-electron chi connectivity index (χ4n) is 2.01. The predicted molar refractivity (Wildman–Crippen MR) is 70.7 cm³/mol. The summed E-state index contributed by atoms with van der Waals surface area (Å²) in [6.07, 6.45) is 3.89. The molecule has 4 nitrogen and oxygen atoms in total. The summed E-state index contributed by atoms with van der Waals surface area (Å²) in [4.78, 5) is 1.33. The second-order valence-electron chi connectivity index (χ2n) is 4.06. The molecule has 0 radical (unpaired) electrons. The van der Waals surface area contributed by atoms with Crippen LogP contribution in [0.4, 0.5) is 0 Å². The van der Waals surface area contributed by atoms with Gasteiger partial charge in [0, 0.05) is 30.1 Å². The lowest BCUT2D eigenvalue weighted by molar-refractivity contribution is 0.551. The summed E-state index contributed by atoms with van der Waals surface area (Å²) in [6, 6.07) is 4.34. The number of thiophene rings is 1. The highest BCUT2D eigenvalue weighted by Gasteiger charge is 2.17. The molecular formula is C12H18N4S. The summed E-state index contributed by atoms with van der Waals surface area (Å²) < 4.78 is 1.85. The van der Waals surface area contributed by atoms with Gasteiger partial charge in [0.2, 0.25) is 0 Å². The summed E-state index contributed by atoms with van der Waals surface area (Å²) in [6.45, 7) is 2.12. The van der Waals surface area contributed by atoms with E-state index in [0.717, 1.165) is 18.5 Å². The van der Waals surface area contributed by atoms with Crippen LogP contribution >= 0.6 is 11.3 Å². The fraction of sp³-hybridized carbons (Fsp3) is 0.417. The van der Waals surface area contributed by atoms with Crippen LogP contribution in [-0.2, 0) is 19.9 Å². The molecule has 0 aliphatic rings. The van der Waals surface area contributed by atoms with Gasteiger partial charge in [0.1, 0.15) is 0 Å². The molecule has 0 aliphatic carbocycles. The van der Waals surface area contributed by atoms with Crippen LogP contribution in [0.1, 0.15) is 29.1 Å². The molecule has 3 N–H and O–H groups in total. The van der Waals surface area contributed by atoms with Crippen molar-refractivity contribution in [2.75, 3.05) is 0 Å². The molecule has 0 bridgehead atoms. The van der Waals surface area contributed by atoms with Gasteiger partial charge in [0.25, 0.3) is 0 Å². The van der Waals surface area contributed by atoms with Crippen LogP contribution in [0.2, 0.25) is 0 Å². The van der Waals surface area contributed by atoms with Crippen molar-refractivity contribution < 1.29 is 0 Å². The van der Waals surface area contributed by atoms with Crippen molar-refractivity contribution in [3.63, 3.8) is 0 Å². The Morgan fingerprint density at radius 2 is 2.41 bits per heavy atom. The molecule has 17 heavy (non-hydrogen) atoms. The smallest absolute Gasteiger partial charge is 0.0670 e. The average Bonchev–Trinajstić information content (AvgIpc) is 2.94. The predicted octanol–water partition coefficient (Wildman–Crippen LogP) is 1.79. The standard InChI is InChI=1S/C12H18N4S/c1-3-11-10(8-16(2)15-11)12(14-13)7-9-5-4-6-17-9/h4-6,8,12,14H,3,7,13H2,1-2H3. The largest absolute Gasteiger partial charge is 0.275 e. The van der Waals surface area contributed by atoms with E-state index in [-0.39, 0.29) is 6.04 Å². The number of nitrogens with one attached hydrogen (secondary N) is 1. The van der Waals surface area contributed by atoms with E-state index in [4.69, 9.17) is 5.84 Å². The molecule has 92 valence electrons. The van der Waals surface area contributed by atoms with Gasteiger partial charge in [0.05, 0.1) is 11.7 Å². The zero-order valence-corrected chi connectivity index (χ0v) is 11.0. The minimum atomic E-state index is 0.136. The second-order valence-corrected chi connectivity index (χ2v) is 5.09. The van der Waals surface area contributed by atoms with Gasteiger partial charge in [-0.2, -0.15) is 5.10 Å². The molecule has 1 atom stereocenters. The second kappa shape index (κ2) is 5.44. The number of aryl methyl sites for hydroxylation is 2. The number of aromatic nitrogens is 2. The molecule has 0 aliphatic heterocycles. The Morgan fingerprint density at radius 3 is 3.00 bits per heavy atom. The van der Waals surface area contributed by atoms with E-state index in [9.17, 15) is 0 Å². The van der Waals surface area contributed by atoms with Crippen LogP contribution in [0.5, 0.6) is 0 Å². The molecule has 0 spiro atoms. The Morgan fingerprint density at radius 1 is 1.59 bits per heavy atom. The Balaban J connectivity index is 2.22. The van der Waals surface area contributed by atoms with Crippen LogP contribution in [0, 0.1) is 0 Å². The van der Waals surface area contributed by atoms with Gasteiger partial charge >= 0.3 is 0 Å². The molecule has 0 fully saturated rings. The molecule has 0 aromatic carbocycles. The Labute approximate surface area is 105 Å². The summed E-state index contributed by atoms with van der Waals surface area (Å²) >= 11 is 1.76. The number of rotatable bonds is 5. The maximum absolute atomic E-state index is 5.67. The summed E-state index contributed by atoms with van der Waals surface area (Å²) in [5.41, 5.74) is 5.22. The number of hydrazine groups is 1. The molecule has 2 rings (SSSR count). The molecule has 2 heterocycles. The first-order chi connectivity index (χ1) is 8.24. The van der Waals surface area contributed by atoms with E-state index in [1.165, 1.54) is 10.4 Å². The van der Waals surface area contributed by atoms with Crippen molar-refractivity contribution in [1.82, 2.24) is 15.2 Å². The first-order valence-electron chi connectivity index (χ1n) is 5.75. The topological polar surface area (TPSA) is 55.9 Å². The van der Waals surface area contributed by atoms with Gasteiger partial charge < -0.3 is 0 Å². The minimum Gasteiger partial charge on any atom is -0.275 e. The quantitative estimate of drug-likeness (QED) is 0.628. The van der Waals surface area contributed by atoms with Gasteiger partial charge in [-0.25, -0.2) is 0 Å². The maximum atomic E-state index is 5.67. The molecule has 0 amide bonds. The molecule has 2 aromatic rings. The van der Waals surface area contributed by atoms with Crippen LogP contribution in [0.3, 0.4) is 0 Å². The summed E-state index contributed by atoms with van der Waals surface area (Å²) in [5.74, 6) is 5.67. The van der Waals surface area contributed by atoms with Gasteiger partial charge in [-0.3, -0.25) is 16.0 Å². The molecule has 2 aromatic heterocycles. The zero-order valence-electron chi connectivity index (χ0n) is 10.2. The maximum Gasteiger partial charge on any atom is 0.0670 e. The number of nitrogens with zero attached hydrogens (tertiary/aromatic N) is 2. The van der Waals surface area contributed by atoms with Crippen LogP contribution in [0.25, 0.3) is 0 Å². The van der Waals surface area contributed by atoms with E-state index >= 15 is 0 Å². The highest BCUT2D eigenvalue weighted by atomic mass is 32.1. The van der Waals surface area contributed by atoms with E-state index in [1.54, 1.807) is 11.3 Å². The molecule has 0 saturated carbocycles. The number of hydrogen-bond donors (Lipinski definition) is 2. The lowest BCUT2D eigenvalue weighted by Gasteiger charge is -2.14. The van der Waals surface area contributed by atoms with Crippen molar-refractivity contribution in [3.8, 4) is 0 Å². The summed E-state index contributed by atoms with van der Waals surface area (Å²) in [5, 5.41) is 6.54. The molecular weight excluding hydrogens is 232 g/mol. The zero-order chi connectivity index (χ0) is 12.3. The first kappa shape index (κ1) is 12.3. The van der Waals surface area contributed by atoms with Gasteiger partial charge in [0.15, 0.2) is 0 Å². The molecule has 0 saturated heterocycles. The first-order valence-corrected chi connectivity index (χ1v) is 6.63. The normalized spacial score (nSPS) is 12.9. The van der Waals surface area contributed by atoms with E-state index < -0.39 is 0 Å². The average molecular weight is 250 g/mol. The highest BCUT2D eigenvalue weighted by Crippen LogP contribution is 2.23. The molecule has 5 heteroatoms. The SMILES string of the molecule is CCc1nn(C)cc1C(Cc1cccs1)NN. The van der Waals surface area contributed by atoms with Gasteiger partial charge in [-0.05, 0) is 17.9 Å².